The van der Waals surface area contributed by atoms with E-state index in [0.29, 0.717) is 36.3 Å². The maximum atomic E-state index is 15.6. The molecule has 32 nitrogen and oxygen atoms in total. The number of halogens is 1. The van der Waals surface area contributed by atoms with Gasteiger partial charge in [-0.25, -0.2) is 9.37 Å². The largest absolute Gasteiger partial charge is 0.497 e. The standard InChI is InChI=1S/C69H87FN14O18S2/c1-5-40-27-44(102-4)22-23-45(40)41-20-18-39(19-21-41)26-50(62(95)77-48(59(72)92)17-11-14-38-12-7-6-8-13-38)79-63(96)51(29-57(90)91)80-64(97)52(33-85)81-67(100)58(37(2)86)83-68(101)69(3,30-42-15-9-10-16-46(42)70)84-66(99)54-35-104-103-34-53(82-60(93)47(71)28-43-31-73-36-75-43)65(98)78-49(24-25-56(88)89)61(94)74-32-55(87)76-54/h6-10,12-13,15-16,18-23,27,31,36-37,47-54,58,85-86H,5,11,14,17,24-26,28-30,32-35,71H2,1-4H3,(H2,72,92)(H,73,75)(H,74,94)(H,76,87)(H,77,95)(H,78,98)(H,79,96)(H,80,97)(H,81,100)(H,82,93)(H,83,101)(H,84,99)(H,88,89)(H,90,91)/t37-,47+,48+,49+,50+,51+,52+,53-,54+,58+,69+/m1/s1. The molecule has 19 N–H and O–H groups in total. The predicted molar refractivity (Wildman–Crippen MR) is 378 cm³/mol. The molecule has 4 aromatic carbocycles. The van der Waals surface area contributed by atoms with Gasteiger partial charge in [-0.2, -0.15) is 0 Å². The molecule has 35 heteroatoms. The number of H-pyrrole nitrogens is 1. The van der Waals surface area contributed by atoms with Gasteiger partial charge in [0.25, 0.3) is 0 Å². The molecule has 0 saturated carbocycles. The Hall–Kier alpha value is -10.5. The summed E-state index contributed by atoms with van der Waals surface area (Å²) < 4.78 is 21.0. The first kappa shape index (κ1) is 82.5. The first-order valence-corrected chi connectivity index (χ1v) is 35.5. The summed E-state index contributed by atoms with van der Waals surface area (Å²) in [6.07, 6.45) is -0.671. The van der Waals surface area contributed by atoms with Crippen LogP contribution in [0.25, 0.3) is 11.1 Å². The Morgan fingerprint density at radius 2 is 1.40 bits per heavy atom. The maximum absolute atomic E-state index is 15.6. The first-order valence-electron chi connectivity index (χ1n) is 33.1. The monoisotopic (exact) mass is 1480 g/mol. The molecule has 1 fully saturated rings. The van der Waals surface area contributed by atoms with Gasteiger partial charge in [0.05, 0.1) is 45.2 Å². The fourth-order valence-electron chi connectivity index (χ4n) is 10.8. The number of methoxy groups -OCH3 is 1. The second kappa shape index (κ2) is 40.4. The minimum atomic E-state index is -2.36. The number of aliphatic hydroxyl groups is 2. The number of aliphatic carboxylic acids is 2. The van der Waals surface area contributed by atoms with Crippen molar-refractivity contribution in [3.63, 3.8) is 0 Å². The summed E-state index contributed by atoms with van der Waals surface area (Å²) in [7, 11) is 3.33. The summed E-state index contributed by atoms with van der Waals surface area (Å²) in [5.74, 6) is -15.9. The molecule has 1 aliphatic rings. The van der Waals surface area contributed by atoms with Crippen LogP contribution >= 0.6 is 21.6 Å². The summed E-state index contributed by atoms with van der Waals surface area (Å²) in [5.41, 5.74) is 14.0. The summed E-state index contributed by atoms with van der Waals surface area (Å²) >= 11 is 0. The van der Waals surface area contributed by atoms with E-state index in [9.17, 15) is 82.8 Å². The smallest absolute Gasteiger partial charge is 0.305 e. The molecule has 1 aromatic heterocycles. The van der Waals surface area contributed by atoms with Gasteiger partial charge in [-0.3, -0.25) is 62.3 Å². The number of aromatic nitrogens is 2. The molecule has 0 bridgehead atoms. The van der Waals surface area contributed by atoms with Crippen molar-refractivity contribution < 1.29 is 91.9 Å². The molecule has 5 aromatic rings. The number of nitrogens with two attached hydrogens (primary N) is 2. The van der Waals surface area contributed by atoms with Gasteiger partial charge in [-0.15, -0.1) is 0 Å². The first-order chi connectivity index (χ1) is 49.5. The lowest BCUT2D eigenvalue weighted by molar-refractivity contribution is -0.142. The van der Waals surface area contributed by atoms with Gasteiger partial charge in [-0.05, 0) is 97.5 Å². The molecule has 0 unspecified atom stereocenters. The second-order valence-electron chi connectivity index (χ2n) is 24.7. The number of aromatic amines is 1. The van der Waals surface area contributed by atoms with Crippen LogP contribution in [0.3, 0.4) is 0 Å². The molecule has 6 rings (SSSR count). The van der Waals surface area contributed by atoms with E-state index in [1.807, 2.05) is 49.4 Å². The van der Waals surface area contributed by atoms with Crippen molar-refractivity contribution in [2.45, 2.75) is 151 Å². The quantitative estimate of drug-likeness (QED) is 0.0208. The predicted octanol–water partition coefficient (Wildman–Crippen LogP) is -1.37. The van der Waals surface area contributed by atoms with E-state index in [1.54, 1.807) is 37.4 Å². The van der Waals surface area contributed by atoms with Gasteiger partial charge in [0.15, 0.2) is 0 Å². The average molecular weight is 1480 g/mol. The van der Waals surface area contributed by atoms with E-state index in [0.717, 1.165) is 63.8 Å². The van der Waals surface area contributed by atoms with Crippen LogP contribution in [0.2, 0.25) is 0 Å². The highest BCUT2D eigenvalue weighted by Gasteiger charge is 2.42. The Bertz CT molecular complexity index is 3840. The number of carbonyl (C=O) groups excluding carboxylic acids is 11. The fourth-order valence-corrected chi connectivity index (χ4v) is 13.2. The van der Waals surface area contributed by atoms with Crippen LogP contribution in [-0.2, 0) is 94.4 Å². The second-order valence-corrected chi connectivity index (χ2v) is 27.3. The van der Waals surface area contributed by atoms with Crippen LogP contribution in [-0.4, -0.2) is 205 Å². The molecule has 11 amide bonds. The van der Waals surface area contributed by atoms with Crippen LogP contribution in [0.5, 0.6) is 5.75 Å². The Balaban J connectivity index is 1.21. The number of imidazole rings is 1. The van der Waals surface area contributed by atoms with Crippen LogP contribution < -0.4 is 69.4 Å². The molecular formula is C69H87FN14O18S2. The van der Waals surface area contributed by atoms with Gasteiger partial charge < -0.3 is 94.8 Å². The number of rotatable bonds is 35. The third kappa shape index (κ3) is 25.5. The van der Waals surface area contributed by atoms with Crippen LogP contribution in [0.1, 0.15) is 80.8 Å². The third-order valence-electron chi connectivity index (χ3n) is 16.6. The number of amides is 11. The van der Waals surface area contributed by atoms with Crippen molar-refractivity contribution in [2.24, 2.45) is 11.5 Å². The van der Waals surface area contributed by atoms with E-state index in [-0.39, 0.29) is 36.3 Å². The number of carboxylic acids is 2. The lowest BCUT2D eigenvalue weighted by Crippen LogP contribution is -2.66. The number of primary amides is 1. The molecule has 2 heterocycles. The molecule has 1 saturated heterocycles. The zero-order valence-electron chi connectivity index (χ0n) is 57.4. The van der Waals surface area contributed by atoms with E-state index in [1.165, 1.54) is 30.7 Å². The number of nitrogens with zero attached hydrogens (tertiary/aromatic N) is 1. The zero-order chi connectivity index (χ0) is 76.2. The van der Waals surface area contributed by atoms with Gasteiger partial charge in [0.1, 0.15) is 65.4 Å². The van der Waals surface area contributed by atoms with Crippen molar-refractivity contribution in [2.75, 3.05) is 31.8 Å². The summed E-state index contributed by atoms with van der Waals surface area (Å²) in [6.45, 7) is 1.98. The summed E-state index contributed by atoms with van der Waals surface area (Å²) in [5, 5.41) is 65.1. The van der Waals surface area contributed by atoms with E-state index < -0.39 is 188 Å². The van der Waals surface area contributed by atoms with Crippen LogP contribution in [0, 0.1) is 5.82 Å². The Kier molecular flexibility index (Phi) is 32.0. The number of carbonyl (C=O) groups is 13. The fraction of sp³-hybridized carbons (Fsp3) is 0.420. The lowest BCUT2D eigenvalue weighted by Gasteiger charge is -2.34. The highest BCUT2D eigenvalue weighted by molar-refractivity contribution is 8.76. The lowest BCUT2D eigenvalue weighted by atomic mass is 9.90. The SMILES string of the molecule is CCc1cc(OC)ccc1-c1ccc(C[C@H](NC(=O)[C@H](CC(=O)O)NC(=O)[C@H](CO)NC(=O)[C@@H](NC(=O)[C@](C)(Cc2ccccc2F)NC(=O)[C@@H]2CSSC[C@@H](NC(=O)[C@@H](N)Cc3cnc[nH]3)C(=O)N[C@@H](CCC(=O)O)C(=O)NCC(=O)N2)[C@@H](C)O)C(=O)N[C@@H](CCCc2ccccc2)C(N)=O)cc1. The molecule has 0 aliphatic carbocycles. The summed E-state index contributed by atoms with van der Waals surface area (Å²) in [6, 6.07) is 11.9. The van der Waals surface area contributed by atoms with Crippen LogP contribution in [0.15, 0.2) is 110 Å². The zero-order valence-corrected chi connectivity index (χ0v) is 59.0. The normalized spacial score (nSPS) is 17.6. The van der Waals surface area contributed by atoms with Crippen LogP contribution in [0.4, 0.5) is 4.39 Å². The number of aliphatic hydroxyl groups excluding tert-OH is 2. The topological polar surface area (TPSA) is 513 Å². The van der Waals surface area contributed by atoms with Gasteiger partial charge in [0.2, 0.25) is 65.0 Å². The third-order valence-corrected chi connectivity index (χ3v) is 19.1. The number of nitrogens with one attached hydrogen (secondary N) is 11. The molecule has 0 radical (unpaired) electrons. The average Bonchev–Trinajstić information content (AvgIpc) is 0.875. The van der Waals surface area contributed by atoms with Gasteiger partial charge in [0, 0.05) is 49.1 Å². The van der Waals surface area contributed by atoms with E-state index in [4.69, 9.17) is 16.2 Å². The van der Waals surface area contributed by atoms with E-state index in [2.05, 4.69) is 63.1 Å². The molecule has 0 spiro atoms. The number of ether oxygens (including phenoxy) is 1. The number of aryl methyl sites for hydroxylation is 2. The molecule has 560 valence electrons. The molecule has 104 heavy (non-hydrogen) atoms. The maximum Gasteiger partial charge on any atom is 0.305 e. The minimum Gasteiger partial charge on any atom is -0.497 e. The molecular weight excluding hydrogens is 1400 g/mol. The minimum absolute atomic E-state index is 0.0352. The van der Waals surface area contributed by atoms with Gasteiger partial charge >= 0.3 is 11.9 Å². The molecule has 11 atom stereocenters. The number of hydrogen-bond donors (Lipinski definition) is 17. The van der Waals surface area contributed by atoms with Crippen molar-refractivity contribution >= 4 is 98.5 Å². The Morgan fingerprint density at radius 3 is 2.04 bits per heavy atom. The Labute approximate surface area is 605 Å². The number of carboxylic acid groups (broad SMARTS) is 2. The number of benzene rings is 4. The summed E-state index contributed by atoms with van der Waals surface area (Å²) in [4.78, 5) is 184. The van der Waals surface area contributed by atoms with Crippen molar-refractivity contribution in [3.8, 4) is 16.9 Å². The number of hydrogen-bond acceptors (Lipinski definition) is 20. The van der Waals surface area contributed by atoms with Crippen molar-refractivity contribution in [1.29, 1.82) is 0 Å². The highest BCUT2D eigenvalue weighted by Crippen LogP contribution is 2.29. The molecule has 1 aliphatic heterocycles. The Morgan fingerprint density at radius 1 is 0.750 bits per heavy atom. The highest BCUT2D eigenvalue weighted by atomic mass is 33.1. The van der Waals surface area contributed by atoms with E-state index >= 15 is 4.39 Å². The van der Waals surface area contributed by atoms with Gasteiger partial charge in [-0.1, -0.05) is 107 Å². The van der Waals surface area contributed by atoms with Crippen molar-refractivity contribution in [3.05, 3.63) is 143 Å². The van der Waals surface area contributed by atoms with Crippen molar-refractivity contribution in [1.82, 2.24) is 63.1 Å².